The second-order valence-corrected chi connectivity index (χ2v) is 27.0. The summed E-state index contributed by atoms with van der Waals surface area (Å²) in [6.07, 6.45) is -15.4. The molecule has 550 valence electrons. The van der Waals surface area contributed by atoms with Crippen LogP contribution < -0.4 is 16.0 Å². The summed E-state index contributed by atoms with van der Waals surface area (Å²) < 4.78 is 251. The van der Waals surface area contributed by atoms with E-state index in [-0.39, 0.29) is 58.6 Å². The van der Waals surface area contributed by atoms with Crippen LogP contribution in [0.2, 0.25) is 15.1 Å². The van der Waals surface area contributed by atoms with Gasteiger partial charge in [0.25, 0.3) is 16.8 Å². The molecule has 3 aliphatic heterocycles. The zero-order chi connectivity index (χ0) is 76.4. The smallest absolute Gasteiger partial charge is 0.415 e. The highest BCUT2D eigenvalue weighted by Gasteiger charge is 2.64. The quantitative estimate of drug-likeness (QED) is 0.0118. The fourth-order valence-electron chi connectivity index (χ4n) is 8.82. The number of alkyl halides is 12. The van der Waals surface area contributed by atoms with Gasteiger partial charge in [-0.1, -0.05) is 168 Å². The highest BCUT2D eigenvalue weighted by molar-refractivity contribution is 7.87. The average molecular weight is 1580 g/mol. The number of hydrogen-bond acceptors (Lipinski definition) is 17. The lowest BCUT2D eigenvalue weighted by atomic mass is 9.90. The zero-order valence-electron chi connectivity index (χ0n) is 52.3. The van der Waals surface area contributed by atoms with E-state index < -0.39 is 127 Å². The molecule has 5 atom stereocenters. The number of aliphatic hydroxyl groups excluding tert-OH is 1. The van der Waals surface area contributed by atoms with E-state index in [1.54, 1.807) is 115 Å². The minimum absolute atomic E-state index is 0.00362. The summed E-state index contributed by atoms with van der Waals surface area (Å²) in [7, 11) is -12.8. The fourth-order valence-corrected chi connectivity index (χ4v) is 12.2. The van der Waals surface area contributed by atoms with E-state index in [1.807, 2.05) is 24.0 Å². The van der Waals surface area contributed by atoms with E-state index >= 15 is 0 Å². The summed E-state index contributed by atoms with van der Waals surface area (Å²) in [5.74, 6) is 9.38. The Balaban J connectivity index is 0.000000204. The Kier molecular flexibility index (Phi) is 27.9. The van der Waals surface area contributed by atoms with E-state index in [0.717, 1.165) is 29.3 Å². The molecule has 20 nitrogen and oxygen atoms in total. The maximum atomic E-state index is 14.3. The number of benzene rings is 7. The molecule has 3 amide bonds. The molecule has 38 heteroatoms. The number of aliphatic hydroxyl groups is 1. The number of terminal acetylenes is 1. The van der Waals surface area contributed by atoms with Gasteiger partial charge in [0.2, 0.25) is 0 Å². The Morgan fingerprint density at radius 1 is 0.519 bits per heavy atom. The highest BCUT2D eigenvalue weighted by atomic mass is 35.5. The molecule has 0 aliphatic carbocycles. The van der Waals surface area contributed by atoms with Gasteiger partial charge in [-0.05, 0) is 99.2 Å². The number of anilines is 3. The molecule has 0 aromatic heterocycles. The maximum absolute atomic E-state index is 14.3. The van der Waals surface area contributed by atoms with Crippen molar-refractivity contribution >= 4 is 95.9 Å². The van der Waals surface area contributed by atoms with E-state index in [2.05, 4.69) is 35.5 Å². The van der Waals surface area contributed by atoms with Gasteiger partial charge in [-0.3, -0.25) is 29.4 Å². The Hall–Kier alpha value is -8.94. The van der Waals surface area contributed by atoms with Gasteiger partial charge < -0.3 is 33.1 Å². The average Bonchev–Trinajstić information content (AvgIpc) is 0.753. The Bertz CT molecular complexity index is 4510. The molecular formula is C66H49Cl3F12N3O17P2S+. The van der Waals surface area contributed by atoms with E-state index in [4.69, 9.17) is 74.1 Å². The number of nitrogens with one attached hydrogen (secondary N) is 3. The van der Waals surface area contributed by atoms with Gasteiger partial charge in [0, 0.05) is 31.8 Å². The van der Waals surface area contributed by atoms with Crippen LogP contribution in [0.15, 0.2) is 176 Å². The van der Waals surface area contributed by atoms with Crippen molar-refractivity contribution in [2.24, 2.45) is 0 Å². The van der Waals surface area contributed by atoms with Gasteiger partial charge in [-0.15, -0.1) is 10.9 Å². The van der Waals surface area contributed by atoms with E-state index in [0.29, 0.717) is 11.1 Å². The van der Waals surface area contributed by atoms with Gasteiger partial charge in [0.1, 0.15) is 19.8 Å². The second kappa shape index (κ2) is 35.2. The van der Waals surface area contributed by atoms with Gasteiger partial charge >= 0.3 is 74.1 Å². The first kappa shape index (κ1) is 82.3. The first-order valence-corrected chi connectivity index (χ1v) is 34.4. The number of rotatable bonds is 18. The largest absolute Gasteiger partial charge is 0.572 e. The summed E-state index contributed by atoms with van der Waals surface area (Å²) in [5, 5.41) is 15.2. The molecule has 2 unspecified atom stereocenters. The van der Waals surface area contributed by atoms with Gasteiger partial charge in [-0.25, -0.2) is 14.4 Å². The summed E-state index contributed by atoms with van der Waals surface area (Å²) in [4.78, 5) is 34.5. The molecule has 10 rings (SSSR count). The summed E-state index contributed by atoms with van der Waals surface area (Å²) >= 11 is 17.3. The zero-order valence-corrected chi connectivity index (χ0v) is 57.2. The lowest BCUT2D eigenvalue weighted by Gasteiger charge is -2.35. The number of hydrogen-bond donors (Lipinski definition) is 4. The molecule has 0 spiro atoms. The number of cyclic esters (lactones) is 3. The topological polar surface area (TPSA) is 259 Å². The van der Waals surface area contributed by atoms with Crippen LogP contribution in [0.3, 0.4) is 0 Å². The third-order valence-corrected chi connectivity index (χ3v) is 18.0. The molecule has 0 fully saturated rings. The predicted octanol–water partition coefficient (Wildman–Crippen LogP) is 17.5. The standard InChI is InChI=1S/C27H20ClF3NO6P.C16H16F3O6PS.C12H7ClF3NO3.C11H5ClF3NO2/c28-21-12-13-23-22(16-21)26(27(29,30)31,38-24(33)32-23)14-7-15-35-25(36-17-19-8-3-1-4-9-19)39(34)37-18-20-10-5-2-6-11-20;17-16(18,19)27(21,22)25-13-26(20,23-11-14-7-3-1-4-8-14)24-12-15-9-5-2-6-10-15;13-7-2-3-9-8(6-7)11(4-1-5-18,12(14,15)16)20-10(19)17-9;1-2-10(11(13,14)15)7-5-6(12)3-4-8(7)16-9(17)18-10/h1-6,8-13,16,25H,15,17-18H2;1-10H,11-13H2;2-3,6,18H,5H2,(H,17,19);1,3-5H,(H,16,17)/p+1/t25?,26-;;11-;10-/m0.00/s1. The van der Waals surface area contributed by atoms with Crippen molar-refractivity contribution in [1.82, 2.24) is 0 Å². The number of ether oxygens (including phenoxy) is 5. The van der Waals surface area contributed by atoms with Crippen LogP contribution in [0.1, 0.15) is 38.9 Å². The first-order valence-electron chi connectivity index (χ1n) is 28.9. The van der Waals surface area contributed by atoms with E-state index in [9.17, 15) is 84.6 Å². The van der Waals surface area contributed by atoms with Crippen molar-refractivity contribution in [2.75, 3.05) is 35.5 Å². The Morgan fingerprint density at radius 3 is 1.22 bits per heavy atom. The fraction of sp³-hybridized carbons (Fsp3) is 0.227. The van der Waals surface area contributed by atoms with Crippen LogP contribution >= 0.6 is 50.4 Å². The molecule has 3 aliphatic rings. The molecule has 0 saturated carbocycles. The summed E-state index contributed by atoms with van der Waals surface area (Å²) in [6, 6.07) is 43.8. The van der Waals surface area contributed by atoms with Crippen molar-refractivity contribution < 1.29 is 131 Å². The molecule has 0 radical (unpaired) electrons. The Labute approximate surface area is 598 Å². The number of carbonyl (C=O) groups is 3. The third kappa shape index (κ3) is 21.4. The lowest BCUT2D eigenvalue weighted by molar-refractivity contribution is -0.239. The monoisotopic (exact) mass is 1580 g/mol. The van der Waals surface area contributed by atoms with Crippen LogP contribution in [0.25, 0.3) is 0 Å². The summed E-state index contributed by atoms with van der Waals surface area (Å²) in [6.45, 7) is -1.98. The van der Waals surface area contributed by atoms with Crippen molar-refractivity contribution in [3.8, 4) is 36.0 Å². The van der Waals surface area contributed by atoms with Crippen molar-refractivity contribution in [3.05, 3.63) is 230 Å². The SMILES string of the molecule is C#C[C@]1(C(F)(F)F)OC(=O)Nc2ccc(Cl)cc21.O=C1Nc2ccc(Cl)cc2[C@@](C#CCO)(C(F)(F)F)O1.O=C1Nc2ccc(Cl)cc2[C@@](C#CCOC(OCc2ccccc2)[P+](=O)OCc2ccccc2)(C(F)(F)F)O1.O=P(COS(=O)(=O)C(F)(F)F)(OCc1ccccc1)OCc1ccccc1. The highest BCUT2D eigenvalue weighted by Crippen LogP contribution is 2.53. The van der Waals surface area contributed by atoms with Crippen LogP contribution in [0, 0.1) is 36.0 Å². The van der Waals surface area contributed by atoms with Crippen LogP contribution in [0.5, 0.6) is 0 Å². The van der Waals surface area contributed by atoms with Crippen LogP contribution in [0.4, 0.5) is 84.1 Å². The number of carbonyl (C=O) groups excluding carboxylic acids is 3. The second-order valence-electron chi connectivity index (χ2n) is 20.8. The minimum atomic E-state index is -5.93. The van der Waals surface area contributed by atoms with Gasteiger partial charge in [-0.2, -0.15) is 61.1 Å². The molecule has 0 bridgehead atoms. The molecule has 3 heterocycles. The third-order valence-electron chi connectivity index (χ3n) is 13.6. The molecule has 4 N–H and O–H groups in total. The van der Waals surface area contributed by atoms with Crippen molar-refractivity contribution in [1.29, 1.82) is 0 Å². The molecule has 0 saturated heterocycles. The number of fused-ring (bicyclic) bond motifs is 3. The molecule has 7 aromatic carbocycles. The molecule has 7 aromatic rings. The van der Waals surface area contributed by atoms with Crippen molar-refractivity contribution in [3.63, 3.8) is 0 Å². The maximum Gasteiger partial charge on any atom is 0.572 e. The normalized spacial score (nSPS) is 17.9. The predicted molar refractivity (Wildman–Crippen MR) is 350 cm³/mol. The van der Waals surface area contributed by atoms with Gasteiger partial charge in [0.15, 0.2) is 6.35 Å². The van der Waals surface area contributed by atoms with E-state index in [1.165, 1.54) is 42.3 Å². The van der Waals surface area contributed by atoms with Crippen molar-refractivity contribution in [2.45, 2.75) is 73.3 Å². The first-order chi connectivity index (χ1) is 48.9. The van der Waals surface area contributed by atoms with Gasteiger partial charge in [0.05, 0.1) is 36.9 Å². The number of amides is 3. The summed E-state index contributed by atoms with van der Waals surface area (Å²) in [5.41, 5.74) is -14.2. The molecule has 104 heavy (non-hydrogen) atoms. The lowest BCUT2D eigenvalue weighted by Crippen LogP contribution is -2.49. The van der Waals surface area contributed by atoms with Crippen LogP contribution in [-0.4, -0.2) is 81.4 Å². The minimum Gasteiger partial charge on any atom is -0.415 e. The molecular weight excluding hydrogens is 1540 g/mol. The Morgan fingerprint density at radius 2 is 0.865 bits per heavy atom. The number of halogens is 15. The van der Waals surface area contributed by atoms with Crippen LogP contribution in [-0.2, 0) is 104 Å².